The van der Waals surface area contributed by atoms with Crippen molar-refractivity contribution >= 4 is 18.0 Å². The third-order valence-corrected chi connectivity index (χ3v) is 6.74. The smallest absolute Gasteiger partial charge is 0.407 e. The minimum absolute atomic E-state index is 0.0684. The standard InChI is InChI=1S/C26H30N2O6/c1-26(33)12-10-16(11-13-26)27-24(31)22(14-23(29)30)28-25(32)34-15-21-19-8-4-2-6-17(19)18-7-3-5-9-20(18)21/h2-9,16,21-22,33H,10-15H2,1H3,(H,27,31)(H,28,32)(H,29,30). The molecule has 180 valence electrons. The molecule has 2 amide bonds. The summed E-state index contributed by atoms with van der Waals surface area (Å²) in [6.45, 7) is 1.83. The van der Waals surface area contributed by atoms with Gasteiger partial charge in [0.1, 0.15) is 12.6 Å². The molecule has 2 aliphatic rings. The largest absolute Gasteiger partial charge is 0.481 e. The Hall–Kier alpha value is -3.39. The number of benzene rings is 2. The van der Waals surface area contributed by atoms with Crippen LogP contribution in [0.5, 0.6) is 0 Å². The highest BCUT2D eigenvalue weighted by Crippen LogP contribution is 2.44. The molecule has 0 heterocycles. The number of aliphatic carboxylic acids is 1. The molecule has 1 saturated carbocycles. The Bertz CT molecular complexity index is 1030. The van der Waals surface area contributed by atoms with Gasteiger partial charge in [0.2, 0.25) is 5.91 Å². The molecule has 2 aromatic carbocycles. The fraction of sp³-hybridized carbons (Fsp3) is 0.423. The van der Waals surface area contributed by atoms with Gasteiger partial charge in [-0.05, 0) is 54.9 Å². The number of hydrogen-bond donors (Lipinski definition) is 4. The van der Waals surface area contributed by atoms with Crippen molar-refractivity contribution in [1.29, 1.82) is 0 Å². The second-order valence-electron chi connectivity index (χ2n) is 9.40. The molecule has 0 bridgehead atoms. The first kappa shape index (κ1) is 23.8. The Morgan fingerprint density at radius 1 is 1.03 bits per heavy atom. The number of amides is 2. The summed E-state index contributed by atoms with van der Waals surface area (Å²) in [5, 5.41) is 24.5. The number of carbonyl (C=O) groups excluding carboxylic acids is 2. The molecule has 0 spiro atoms. The molecule has 8 heteroatoms. The lowest BCUT2D eigenvalue weighted by Crippen LogP contribution is -2.52. The van der Waals surface area contributed by atoms with Crippen molar-refractivity contribution < 1.29 is 29.3 Å². The first-order chi connectivity index (χ1) is 16.2. The van der Waals surface area contributed by atoms with Crippen LogP contribution in [0.25, 0.3) is 11.1 Å². The topological polar surface area (TPSA) is 125 Å². The first-order valence-corrected chi connectivity index (χ1v) is 11.6. The van der Waals surface area contributed by atoms with Crippen molar-refractivity contribution in [2.45, 2.75) is 62.6 Å². The van der Waals surface area contributed by atoms with Gasteiger partial charge in [-0.2, -0.15) is 0 Å². The van der Waals surface area contributed by atoms with Crippen LogP contribution in [0.2, 0.25) is 0 Å². The zero-order valence-electron chi connectivity index (χ0n) is 19.1. The number of aliphatic hydroxyl groups is 1. The van der Waals surface area contributed by atoms with Gasteiger partial charge < -0.3 is 25.6 Å². The molecule has 0 aliphatic heterocycles. The van der Waals surface area contributed by atoms with Gasteiger partial charge >= 0.3 is 12.1 Å². The monoisotopic (exact) mass is 466 g/mol. The Balaban J connectivity index is 1.37. The van der Waals surface area contributed by atoms with E-state index in [1.165, 1.54) is 0 Å². The summed E-state index contributed by atoms with van der Waals surface area (Å²) in [5.41, 5.74) is 3.57. The number of ether oxygens (including phenoxy) is 1. The normalized spacial score (nSPS) is 22.2. The molecular formula is C26H30N2O6. The van der Waals surface area contributed by atoms with Gasteiger partial charge in [0.05, 0.1) is 12.0 Å². The number of nitrogens with one attached hydrogen (secondary N) is 2. The Morgan fingerprint density at radius 2 is 1.59 bits per heavy atom. The molecule has 4 N–H and O–H groups in total. The van der Waals surface area contributed by atoms with E-state index < -0.39 is 36.0 Å². The van der Waals surface area contributed by atoms with Crippen LogP contribution in [0.1, 0.15) is 56.1 Å². The van der Waals surface area contributed by atoms with E-state index in [0.29, 0.717) is 25.7 Å². The molecule has 2 aromatic rings. The summed E-state index contributed by atoms with van der Waals surface area (Å²) >= 11 is 0. The second-order valence-corrected chi connectivity index (χ2v) is 9.40. The Morgan fingerprint density at radius 3 is 2.15 bits per heavy atom. The number of alkyl carbamates (subject to hydrolysis) is 1. The van der Waals surface area contributed by atoms with E-state index in [9.17, 15) is 24.6 Å². The molecule has 0 radical (unpaired) electrons. The molecule has 1 atom stereocenters. The Labute approximate surface area is 198 Å². The molecule has 1 unspecified atom stereocenters. The van der Waals surface area contributed by atoms with Crippen LogP contribution in [-0.4, -0.2) is 52.5 Å². The van der Waals surface area contributed by atoms with Crippen LogP contribution < -0.4 is 10.6 Å². The zero-order valence-corrected chi connectivity index (χ0v) is 19.1. The van der Waals surface area contributed by atoms with E-state index in [0.717, 1.165) is 22.3 Å². The third-order valence-electron chi connectivity index (χ3n) is 6.74. The van der Waals surface area contributed by atoms with E-state index in [1.807, 2.05) is 48.5 Å². The summed E-state index contributed by atoms with van der Waals surface area (Å²) in [7, 11) is 0. The highest BCUT2D eigenvalue weighted by atomic mass is 16.5. The maximum Gasteiger partial charge on any atom is 0.407 e. The Kier molecular flexibility index (Phi) is 6.88. The summed E-state index contributed by atoms with van der Waals surface area (Å²) in [6.07, 6.45) is 0.866. The number of carboxylic acids is 1. The maximum atomic E-state index is 12.7. The maximum absolute atomic E-state index is 12.7. The van der Waals surface area contributed by atoms with Crippen molar-refractivity contribution in [3.8, 4) is 11.1 Å². The van der Waals surface area contributed by atoms with Gasteiger partial charge in [0.15, 0.2) is 0 Å². The lowest BCUT2D eigenvalue weighted by molar-refractivity contribution is -0.140. The van der Waals surface area contributed by atoms with Gasteiger partial charge in [-0.15, -0.1) is 0 Å². The van der Waals surface area contributed by atoms with Gasteiger partial charge in [-0.25, -0.2) is 4.79 Å². The summed E-state index contributed by atoms with van der Waals surface area (Å²) in [6, 6.07) is 14.5. The summed E-state index contributed by atoms with van der Waals surface area (Å²) in [4.78, 5) is 36.6. The lowest BCUT2D eigenvalue weighted by Gasteiger charge is -2.34. The van der Waals surface area contributed by atoms with Crippen LogP contribution in [0, 0.1) is 0 Å². The minimum atomic E-state index is -1.25. The van der Waals surface area contributed by atoms with Gasteiger partial charge in [-0.3, -0.25) is 9.59 Å². The quantitative estimate of drug-likeness (QED) is 0.497. The summed E-state index contributed by atoms with van der Waals surface area (Å²) < 4.78 is 5.46. The van der Waals surface area contributed by atoms with E-state index >= 15 is 0 Å². The number of carbonyl (C=O) groups is 3. The van der Waals surface area contributed by atoms with Crippen LogP contribution in [-0.2, 0) is 14.3 Å². The predicted octanol–water partition coefficient (Wildman–Crippen LogP) is 3.18. The van der Waals surface area contributed by atoms with Gasteiger partial charge in [0.25, 0.3) is 0 Å². The van der Waals surface area contributed by atoms with E-state index in [-0.39, 0.29) is 18.6 Å². The first-order valence-electron chi connectivity index (χ1n) is 11.6. The van der Waals surface area contributed by atoms with Crippen LogP contribution in [0.15, 0.2) is 48.5 Å². The second kappa shape index (κ2) is 9.85. The van der Waals surface area contributed by atoms with Crippen LogP contribution in [0.4, 0.5) is 4.79 Å². The molecule has 4 rings (SSSR count). The molecular weight excluding hydrogens is 436 g/mol. The van der Waals surface area contributed by atoms with Crippen LogP contribution >= 0.6 is 0 Å². The van der Waals surface area contributed by atoms with Crippen molar-refractivity contribution in [3.63, 3.8) is 0 Å². The number of hydrogen-bond acceptors (Lipinski definition) is 5. The number of rotatable bonds is 7. The predicted molar refractivity (Wildman–Crippen MR) is 125 cm³/mol. The SMILES string of the molecule is CC1(O)CCC(NC(=O)C(CC(=O)O)NC(=O)OCC2c3ccccc3-c3ccccc32)CC1. The van der Waals surface area contributed by atoms with Crippen molar-refractivity contribution in [2.24, 2.45) is 0 Å². The molecule has 0 aromatic heterocycles. The highest BCUT2D eigenvalue weighted by Gasteiger charge is 2.33. The van der Waals surface area contributed by atoms with Crippen LogP contribution in [0.3, 0.4) is 0 Å². The van der Waals surface area contributed by atoms with E-state index in [2.05, 4.69) is 10.6 Å². The average molecular weight is 467 g/mol. The fourth-order valence-corrected chi connectivity index (χ4v) is 4.85. The van der Waals surface area contributed by atoms with E-state index in [4.69, 9.17) is 4.74 Å². The number of fused-ring (bicyclic) bond motifs is 3. The number of carboxylic acid groups (broad SMARTS) is 1. The average Bonchev–Trinajstić information content (AvgIpc) is 3.12. The highest BCUT2D eigenvalue weighted by molar-refractivity contribution is 5.89. The molecule has 34 heavy (non-hydrogen) atoms. The lowest BCUT2D eigenvalue weighted by atomic mass is 9.83. The molecule has 1 fully saturated rings. The molecule has 2 aliphatic carbocycles. The molecule has 0 saturated heterocycles. The van der Waals surface area contributed by atoms with E-state index in [1.54, 1.807) is 6.92 Å². The third kappa shape index (κ3) is 5.39. The van der Waals surface area contributed by atoms with Crippen molar-refractivity contribution in [2.75, 3.05) is 6.61 Å². The van der Waals surface area contributed by atoms with Crippen molar-refractivity contribution in [1.82, 2.24) is 10.6 Å². The van der Waals surface area contributed by atoms with Crippen molar-refractivity contribution in [3.05, 3.63) is 59.7 Å². The zero-order chi connectivity index (χ0) is 24.3. The summed E-state index contributed by atoms with van der Waals surface area (Å²) in [5.74, 6) is -1.91. The minimum Gasteiger partial charge on any atom is -0.481 e. The van der Waals surface area contributed by atoms with Gasteiger partial charge in [-0.1, -0.05) is 48.5 Å². The van der Waals surface area contributed by atoms with Gasteiger partial charge in [0, 0.05) is 12.0 Å². The fourth-order valence-electron chi connectivity index (χ4n) is 4.85. The molecule has 8 nitrogen and oxygen atoms in total.